The van der Waals surface area contributed by atoms with Gasteiger partial charge in [-0.05, 0) is 18.7 Å². The van der Waals surface area contributed by atoms with Gasteiger partial charge in [0.15, 0.2) is 0 Å². The lowest BCUT2D eigenvalue weighted by Crippen LogP contribution is -2.44. The molecule has 1 aliphatic rings. The van der Waals surface area contributed by atoms with E-state index in [4.69, 9.17) is 4.74 Å². The molecule has 8 nitrogen and oxygen atoms in total. The van der Waals surface area contributed by atoms with Crippen molar-refractivity contribution in [1.82, 2.24) is 15.1 Å². The van der Waals surface area contributed by atoms with E-state index in [9.17, 15) is 14.4 Å². The van der Waals surface area contributed by atoms with Crippen LogP contribution in [0.4, 0.5) is 10.5 Å². The van der Waals surface area contributed by atoms with Crippen LogP contribution in [0.5, 0.6) is 5.75 Å². The van der Waals surface area contributed by atoms with Crippen LogP contribution < -0.4 is 15.4 Å². The Bertz CT molecular complexity index is 620. The number of anilines is 1. The van der Waals surface area contributed by atoms with E-state index >= 15 is 0 Å². The molecule has 1 saturated heterocycles. The average molecular weight is 334 g/mol. The maximum absolute atomic E-state index is 12.2. The fourth-order valence-electron chi connectivity index (χ4n) is 2.41. The lowest BCUT2D eigenvalue weighted by atomic mass is 10.3. The van der Waals surface area contributed by atoms with Gasteiger partial charge in [-0.1, -0.05) is 19.1 Å². The zero-order valence-corrected chi connectivity index (χ0v) is 13.9. The summed E-state index contributed by atoms with van der Waals surface area (Å²) in [6.07, 6.45) is 0. The number of amides is 4. The van der Waals surface area contributed by atoms with E-state index in [2.05, 4.69) is 10.6 Å². The molecule has 2 N–H and O–H groups in total. The van der Waals surface area contributed by atoms with Crippen LogP contribution in [0.3, 0.4) is 0 Å². The van der Waals surface area contributed by atoms with Crippen LogP contribution in [0, 0.1) is 0 Å². The van der Waals surface area contributed by atoms with Gasteiger partial charge in [0.05, 0.1) is 25.9 Å². The fourth-order valence-corrected chi connectivity index (χ4v) is 2.41. The molecule has 0 bridgehead atoms. The third kappa shape index (κ3) is 4.45. The lowest BCUT2D eigenvalue weighted by molar-refractivity contribution is -0.129. The Morgan fingerprint density at radius 3 is 2.71 bits per heavy atom. The predicted octanol–water partition coefficient (Wildman–Crippen LogP) is 0.507. The van der Waals surface area contributed by atoms with E-state index in [1.54, 1.807) is 23.1 Å². The first-order valence-corrected chi connectivity index (χ1v) is 7.78. The Morgan fingerprint density at radius 1 is 1.33 bits per heavy atom. The third-order valence-electron chi connectivity index (χ3n) is 3.71. The maximum atomic E-state index is 12.2. The second-order valence-corrected chi connectivity index (χ2v) is 5.33. The number of para-hydroxylation sites is 2. The predicted molar refractivity (Wildman–Crippen MR) is 88.8 cm³/mol. The van der Waals surface area contributed by atoms with Crippen LogP contribution in [0.1, 0.15) is 6.92 Å². The van der Waals surface area contributed by atoms with Crippen molar-refractivity contribution in [2.45, 2.75) is 6.92 Å². The number of urea groups is 1. The summed E-state index contributed by atoms with van der Waals surface area (Å²) in [5.74, 6) is 0.00989. The maximum Gasteiger partial charge on any atom is 0.324 e. The molecule has 4 amide bonds. The molecule has 1 fully saturated rings. The van der Waals surface area contributed by atoms with E-state index in [1.807, 2.05) is 13.0 Å². The minimum atomic E-state index is -0.380. The van der Waals surface area contributed by atoms with Crippen LogP contribution in [0.2, 0.25) is 0 Å². The SMILES string of the molecule is CCN(CC(=O)Nc1ccccc1OC)CC(=O)N1CCNC1=O. The molecule has 8 heteroatoms. The zero-order valence-electron chi connectivity index (χ0n) is 13.9. The van der Waals surface area contributed by atoms with Crippen LogP contribution in [-0.4, -0.2) is 67.5 Å². The molecular weight excluding hydrogens is 312 g/mol. The van der Waals surface area contributed by atoms with Gasteiger partial charge >= 0.3 is 6.03 Å². The zero-order chi connectivity index (χ0) is 17.5. The van der Waals surface area contributed by atoms with Crippen molar-refractivity contribution in [1.29, 1.82) is 0 Å². The second-order valence-electron chi connectivity index (χ2n) is 5.33. The largest absolute Gasteiger partial charge is 0.495 e. The molecule has 0 spiro atoms. The molecule has 1 heterocycles. The minimum absolute atomic E-state index is 0.0171. The minimum Gasteiger partial charge on any atom is -0.495 e. The number of methoxy groups -OCH3 is 1. The van der Waals surface area contributed by atoms with Gasteiger partial charge in [-0.25, -0.2) is 4.79 Å². The number of carbonyl (C=O) groups is 3. The van der Waals surface area contributed by atoms with Gasteiger partial charge in [0.25, 0.3) is 0 Å². The molecule has 0 unspecified atom stereocenters. The molecule has 1 aliphatic heterocycles. The number of nitrogens with zero attached hydrogens (tertiary/aromatic N) is 2. The first-order chi connectivity index (χ1) is 11.5. The summed E-state index contributed by atoms with van der Waals surface area (Å²) >= 11 is 0. The summed E-state index contributed by atoms with van der Waals surface area (Å²) in [5, 5.41) is 5.35. The summed E-state index contributed by atoms with van der Waals surface area (Å²) in [5.41, 5.74) is 0.575. The van der Waals surface area contributed by atoms with E-state index < -0.39 is 0 Å². The molecule has 130 valence electrons. The molecule has 0 aromatic heterocycles. The molecule has 0 saturated carbocycles. The summed E-state index contributed by atoms with van der Waals surface area (Å²) in [4.78, 5) is 38.7. The highest BCUT2D eigenvalue weighted by Crippen LogP contribution is 2.22. The van der Waals surface area contributed by atoms with Crippen LogP contribution in [-0.2, 0) is 9.59 Å². The van der Waals surface area contributed by atoms with E-state index in [-0.39, 0.29) is 30.9 Å². The van der Waals surface area contributed by atoms with Gasteiger partial charge in [-0.15, -0.1) is 0 Å². The Hall–Kier alpha value is -2.61. The molecule has 24 heavy (non-hydrogen) atoms. The Labute approximate surface area is 140 Å². The highest BCUT2D eigenvalue weighted by atomic mass is 16.5. The number of imide groups is 1. The Kier molecular flexibility index (Phi) is 6.14. The first-order valence-electron chi connectivity index (χ1n) is 7.78. The van der Waals surface area contributed by atoms with Gasteiger partial charge in [-0.3, -0.25) is 19.4 Å². The normalized spacial score (nSPS) is 13.8. The number of rotatable bonds is 7. The van der Waals surface area contributed by atoms with E-state index in [0.717, 1.165) is 0 Å². The van der Waals surface area contributed by atoms with E-state index in [1.165, 1.54) is 12.0 Å². The molecule has 1 aromatic rings. The third-order valence-corrected chi connectivity index (χ3v) is 3.71. The van der Waals surface area contributed by atoms with Gasteiger partial charge in [0, 0.05) is 13.1 Å². The summed E-state index contributed by atoms with van der Waals surface area (Å²) < 4.78 is 5.19. The van der Waals surface area contributed by atoms with Crippen molar-refractivity contribution in [3.63, 3.8) is 0 Å². The Balaban J connectivity index is 1.90. The number of hydrogen-bond donors (Lipinski definition) is 2. The highest BCUT2D eigenvalue weighted by Gasteiger charge is 2.27. The fraction of sp³-hybridized carbons (Fsp3) is 0.438. The quantitative estimate of drug-likeness (QED) is 0.758. The standard InChI is InChI=1S/C16H22N4O4/c1-3-19(11-15(22)20-9-8-17-16(20)23)10-14(21)18-12-6-4-5-7-13(12)24-2/h4-7H,3,8-11H2,1-2H3,(H,17,23)(H,18,21). The number of ether oxygens (including phenoxy) is 1. The summed E-state index contributed by atoms with van der Waals surface area (Å²) in [6, 6.07) is 6.72. The molecule has 1 aromatic carbocycles. The van der Waals surface area contributed by atoms with Gasteiger partial charge in [0.1, 0.15) is 5.75 Å². The van der Waals surface area contributed by atoms with Crippen molar-refractivity contribution in [3.8, 4) is 5.75 Å². The average Bonchev–Trinajstić information content (AvgIpc) is 3.00. The van der Waals surface area contributed by atoms with Crippen molar-refractivity contribution < 1.29 is 19.1 Å². The van der Waals surface area contributed by atoms with Gasteiger partial charge in [0.2, 0.25) is 11.8 Å². The number of carbonyl (C=O) groups excluding carboxylic acids is 3. The van der Waals surface area contributed by atoms with Crippen molar-refractivity contribution in [2.75, 3.05) is 45.2 Å². The van der Waals surface area contributed by atoms with Crippen molar-refractivity contribution in [2.24, 2.45) is 0 Å². The monoisotopic (exact) mass is 334 g/mol. The number of hydrogen-bond acceptors (Lipinski definition) is 5. The summed E-state index contributed by atoms with van der Waals surface area (Å²) in [7, 11) is 1.53. The van der Waals surface area contributed by atoms with Crippen LogP contribution in [0.25, 0.3) is 0 Å². The van der Waals surface area contributed by atoms with Crippen molar-refractivity contribution in [3.05, 3.63) is 24.3 Å². The molecule has 0 aliphatic carbocycles. The summed E-state index contributed by atoms with van der Waals surface area (Å²) in [6.45, 7) is 3.26. The van der Waals surface area contributed by atoms with Gasteiger partial charge in [-0.2, -0.15) is 0 Å². The highest BCUT2D eigenvalue weighted by molar-refractivity contribution is 5.97. The Morgan fingerprint density at radius 2 is 2.08 bits per heavy atom. The van der Waals surface area contributed by atoms with E-state index in [0.29, 0.717) is 31.1 Å². The smallest absolute Gasteiger partial charge is 0.324 e. The molecule has 2 rings (SSSR count). The first kappa shape index (κ1) is 17.7. The van der Waals surface area contributed by atoms with Crippen LogP contribution >= 0.6 is 0 Å². The number of benzene rings is 1. The van der Waals surface area contributed by atoms with Gasteiger partial charge < -0.3 is 15.4 Å². The molecular formula is C16H22N4O4. The number of nitrogens with one attached hydrogen (secondary N) is 2. The molecule has 0 radical (unpaired) electrons. The topological polar surface area (TPSA) is 91.0 Å². The second kappa shape index (κ2) is 8.30. The molecule has 0 atom stereocenters. The van der Waals surface area contributed by atoms with Crippen molar-refractivity contribution >= 4 is 23.5 Å². The lowest BCUT2D eigenvalue weighted by Gasteiger charge is -2.22. The van der Waals surface area contributed by atoms with Crippen LogP contribution in [0.15, 0.2) is 24.3 Å². The number of likely N-dealkylation sites (N-methyl/N-ethyl adjacent to an activating group) is 1.